The Morgan fingerprint density at radius 1 is 1.29 bits per heavy atom. The lowest BCUT2D eigenvalue weighted by atomic mass is 9.77. The quantitative estimate of drug-likeness (QED) is 0.721. The van der Waals surface area contributed by atoms with Crippen LogP contribution < -0.4 is 0 Å². The first kappa shape index (κ1) is 11.6. The molecule has 0 unspecified atom stereocenters. The van der Waals surface area contributed by atoms with Gasteiger partial charge in [-0.05, 0) is 48.3 Å². The molecule has 92 valence electrons. The van der Waals surface area contributed by atoms with Crippen LogP contribution in [-0.2, 0) is 11.2 Å². The molecule has 1 aliphatic heterocycles. The van der Waals surface area contributed by atoms with Gasteiger partial charge in [0.1, 0.15) is 0 Å². The molecule has 3 rings (SSSR count). The molecule has 1 aromatic carbocycles. The predicted octanol–water partition coefficient (Wildman–Crippen LogP) is 4.09. The third kappa shape index (κ3) is 1.80. The van der Waals surface area contributed by atoms with Crippen molar-refractivity contribution in [3.8, 4) is 0 Å². The molecule has 0 aromatic heterocycles. The first-order valence-corrected chi connectivity index (χ1v) is 6.80. The lowest BCUT2D eigenvalue weighted by Crippen LogP contribution is -2.33. The maximum atomic E-state index is 5.92. The van der Waals surface area contributed by atoms with Gasteiger partial charge in [-0.1, -0.05) is 37.6 Å². The molecule has 0 amide bonds. The van der Waals surface area contributed by atoms with Crippen LogP contribution in [0.25, 0.3) is 0 Å². The molecule has 1 heterocycles. The fourth-order valence-corrected chi connectivity index (χ4v) is 3.53. The van der Waals surface area contributed by atoms with Crippen molar-refractivity contribution in [1.82, 2.24) is 0 Å². The van der Waals surface area contributed by atoms with Crippen molar-refractivity contribution in [1.29, 1.82) is 0 Å². The Kier molecular flexibility index (Phi) is 2.53. The Balaban J connectivity index is 1.77. The van der Waals surface area contributed by atoms with Gasteiger partial charge in [0, 0.05) is 5.02 Å². The molecule has 2 atom stereocenters. The van der Waals surface area contributed by atoms with Gasteiger partial charge in [0.05, 0.1) is 12.2 Å². The highest BCUT2D eigenvalue weighted by Gasteiger charge is 2.64. The highest BCUT2D eigenvalue weighted by atomic mass is 35.5. The molecule has 2 heteroatoms. The van der Waals surface area contributed by atoms with E-state index in [1.165, 1.54) is 18.4 Å². The minimum atomic E-state index is 0.173. The second-order valence-electron chi connectivity index (χ2n) is 6.13. The van der Waals surface area contributed by atoms with Crippen LogP contribution in [0.1, 0.15) is 32.3 Å². The smallest absolute Gasteiger partial charge is 0.0998 e. The van der Waals surface area contributed by atoms with E-state index in [0.717, 1.165) is 18.1 Å². The van der Waals surface area contributed by atoms with E-state index >= 15 is 0 Å². The Morgan fingerprint density at radius 2 is 1.94 bits per heavy atom. The summed E-state index contributed by atoms with van der Waals surface area (Å²) >= 11 is 5.92. The summed E-state index contributed by atoms with van der Waals surface area (Å²) < 4.78 is 5.85. The molecule has 0 N–H and O–H groups in total. The summed E-state index contributed by atoms with van der Waals surface area (Å²) in [6.07, 6.45) is 3.70. The van der Waals surface area contributed by atoms with Gasteiger partial charge in [-0.3, -0.25) is 0 Å². The summed E-state index contributed by atoms with van der Waals surface area (Å²) in [5.41, 5.74) is 1.91. The van der Waals surface area contributed by atoms with Crippen LogP contribution >= 0.6 is 11.6 Å². The van der Waals surface area contributed by atoms with E-state index < -0.39 is 0 Å². The van der Waals surface area contributed by atoms with Crippen LogP contribution in [-0.4, -0.2) is 12.2 Å². The molecule has 1 saturated heterocycles. The molecule has 1 spiro atoms. The molecule has 2 aliphatic rings. The van der Waals surface area contributed by atoms with Gasteiger partial charge in [0.2, 0.25) is 0 Å². The average molecular weight is 251 g/mol. The maximum Gasteiger partial charge on any atom is 0.0998 e. The fraction of sp³-hybridized carbons (Fsp3) is 0.600. The van der Waals surface area contributed by atoms with E-state index in [0.29, 0.717) is 11.3 Å². The first-order valence-electron chi connectivity index (χ1n) is 6.42. The molecule has 2 fully saturated rings. The van der Waals surface area contributed by atoms with Gasteiger partial charge in [-0.15, -0.1) is 0 Å². The van der Waals surface area contributed by atoms with E-state index in [9.17, 15) is 0 Å². The van der Waals surface area contributed by atoms with Crippen LogP contribution in [0.2, 0.25) is 5.02 Å². The number of ether oxygens (including phenoxy) is 1. The molecule has 0 radical (unpaired) electrons. The van der Waals surface area contributed by atoms with Gasteiger partial charge in [0.15, 0.2) is 0 Å². The number of hydrogen-bond acceptors (Lipinski definition) is 1. The number of rotatable bonds is 2. The third-order valence-electron chi connectivity index (χ3n) is 4.77. The Hall–Kier alpha value is -0.530. The van der Waals surface area contributed by atoms with Gasteiger partial charge < -0.3 is 4.74 Å². The number of hydrogen-bond donors (Lipinski definition) is 0. The average Bonchev–Trinajstić information content (AvgIpc) is 3.04. The second kappa shape index (κ2) is 3.73. The maximum absolute atomic E-state index is 5.92. The van der Waals surface area contributed by atoms with Crippen LogP contribution in [0.15, 0.2) is 24.3 Å². The van der Waals surface area contributed by atoms with E-state index in [1.54, 1.807) is 0 Å². The number of benzene rings is 1. The van der Waals surface area contributed by atoms with Crippen molar-refractivity contribution in [2.24, 2.45) is 11.3 Å². The predicted molar refractivity (Wildman–Crippen MR) is 70.3 cm³/mol. The van der Waals surface area contributed by atoms with Crippen LogP contribution in [0.3, 0.4) is 0 Å². The molecule has 1 saturated carbocycles. The lowest BCUT2D eigenvalue weighted by Gasteiger charge is -2.27. The zero-order valence-electron chi connectivity index (χ0n) is 10.5. The molecule has 0 bridgehead atoms. The Labute approximate surface area is 108 Å². The van der Waals surface area contributed by atoms with Crippen molar-refractivity contribution in [3.63, 3.8) is 0 Å². The topological polar surface area (TPSA) is 12.5 Å². The third-order valence-corrected chi connectivity index (χ3v) is 5.03. The molecule has 1 aromatic rings. The monoisotopic (exact) mass is 250 g/mol. The zero-order valence-corrected chi connectivity index (χ0v) is 11.3. The SMILES string of the molecule is CC1(C)CC[C@H](Cc2ccc(Cl)cc2)[C@]12CO2. The van der Waals surface area contributed by atoms with Crippen molar-refractivity contribution >= 4 is 11.6 Å². The summed E-state index contributed by atoms with van der Waals surface area (Å²) in [5.74, 6) is 0.679. The zero-order chi connectivity index (χ0) is 12.1. The van der Waals surface area contributed by atoms with Crippen molar-refractivity contribution in [2.75, 3.05) is 6.61 Å². The van der Waals surface area contributed by atoms with E-state index in [4.69, 9.17) is 16.3 Å². The van der Waals surface area contributed by atoms with Gasteiger partial charge in [0.25, 0.3) is 0 Å². The van der Waals surface area contributed by atoms with E-state index in [2.05, 4.69) is 26.0 Å². The minimum absolute atomic E-state index is 0.173. The number of halogens is 1. The van der Waals surface area contributed by atoms with Crippen molar-refractivity contribution in [3.05, 3.63) is 34.9 Å². The molecular formula is C15H19ClO. The van der Waals surface area contributed by atoms with Gasteiger partial charge in [-0.25, -0.2) is 0 Å². The van der Waals surface area contributed by atoms with Gasteiger partial charge in [-0.2, -0.15) is 0 Å². The summed E-state index contributed by atoms with van der Waals surface area (Å²) in [4.78, 5) is 0. The van der Waals surface area contributed by atoms with E-state index in [1.807, 2.05) is 12.1 Å². The Morgan fingerprint density at radius 3 is 2.53 bits per heavy atom. The summed E-state index contributed by atoms with van der Waals surface area (Å²) in [6, 6.07) is 8.25. The minimum Gasteiger partial charge on any atom is -0.369 e. The molecule has 1 nitrogen and oxygen atoms in total. The largest absolute Gasteiger partial charge is 0.369 e. The standard InChI is InChI=1S/C15H19ClO/c1-14(2)8-7-12(15(14)10-17-15)9-11-3-5-13(16)6-4-11/h3-6,12H,7-10H2,1-2H3/t12-,15-/m1/s1. The van der Waals surface area contributed by atoms with Crippen LogP contribution in [0.5, 0.6) is 0 Å². The highest BCUT2D eigenvalue weighted by Crippen LogP contribution is 2.59. The lowest BCUT2D eigenvalue weighted by molar-refractivity contribution is 0.136. The van der Waals surface area contributed by atoms with Crippen molar-refractivity contribution in [2.45, 2.75) is 38.7 Å². The second-order valence-corrected chi connectivity index (χ2v) is 6.56. The van der Waals surface area contributed by atoms with Crippen molar-refractivity contribution < 1.29 is 4.74 Å². The van der Waals surface area contributed by atoms with E-state index in [-0.39, 0.29) is 5.60 Å². The van der Waals surface area contributed by atoms with Gasteiger partial charge >= 0.3 is 0 Å². The normalized spacial score (nSPS) is 34.2. The fourth-order valence-electron chi connectivity index (χ4n) is 3.41. The highest BCUT2D eigenvalue weighted by molar-refractivity contribution is 6.30. The first-order chi connectivity index (χ1) is 8.03. The summed E-state index contributed by atoms with van der Waals surface area (Å²) in [6.45, 7) is 5.65. The molecule has 17 heavy (non-hydrogen) atoms. The summed E-state index contributed by atoms with van der Waals surface area (Å²) in [7, 11) is 0. The molecular weight excluding hydrogens is 232 g/mol. The van der Waals surface area contributed by atoms with Crippen LogP contribution in [0, 0.1) is 11.3 Å². The number of epoxide rings is 1. The van der Waals surface area contributed by atoms with Crippen LogP contribution in [0.4, 0.5) is 0 Å². The molecule has 1 aliphatic carbocycles. The summed E-state index contributed by atoms with van der Waals surface area (Å²) in [5, 5.41) is 0.817. The Bertz CT molecular complexity index is 417.